The topological polar surface area (TPSA) is 59.5 Å². The second-order valence-electron chi connectivity index (χ2n) is 4.85. The Morgan fingerprint density at radius 3 is 2.86 bits per heavy atom. The molecule has 0 aromatic carbocycles. The molecule has 0 N–H and O–H groups in total. The van der Waals surface area contributed by atoms with E-state index in [1.165, 1.54) is 7.11 Å². The van der Waals surface area contributed by atoms with Crippen LogP contribution >= 0.6 is 11.8 Å². The van der Waals surface area contributed by atoms with Crippen molar-refractivity contribution in [3.8, 4) is 0 Å². The number of esters is 1. The first-order chi connectivity index (χ1) is 10.2. The summed E-state index contributed by atoms with van der Waals surface area (Å²) in [5.41, 5.74) is 0.520. The molecule has 2 heterocycles. The molecule has 1 aliphatic rings. The van der Waals surface area contributed by atoms with Crippen molar-refractivity contribution in [3.63, 3.8) is 0 Å². The van der Waals surface area contributed by atoms with Crippen molar-refractivity contribution >= 4 is 23.6 Å². The van der Waals surface area contributed by atoms with Gasteiger partial charge in [0.05, 0.1) is 17.7 Å². The van der Waals surface area contributed by atoms with Crippen molar-refractivity contribution in [1.82, 2.24) is 9.88 Å². The average molecular weight is 308 g/mol. The number of hydrogen-bond donors (Lipinski definition) is 0. The van der Waals surface area contributed by atoms with Gasteiger partial charge in [0.1, 0.15) is 6.04 Å². The van der Waals surface area contributed by atoms with Crippen LogP contribution in [0.15, 0.2) is 23.4 Å². The first-order valence-electron chi connectivity index (χ1n) is 7.15. The van der Waals surface area contributed by atoms with Gasteiger partial charge in [-0.1, -0.05) is 6.92 Å². The van der Waals surface area contributed by atoms with Crippen LogP contribution in [-0.4, -0.2) is 47.2 Å². The summed E-state index contributed by atoms with van der Waals surface area (Å²) in [5, 5.41) is 0.900. The molecule has 2 rings (SSSR count). The molecule has 1 aromatic heterocycles. The minimum Gasteiger partial charge on any atom is -0.467 e. The lowest BCUT2D eigenvalue weighted by Crippen LogP contribution is -2.48. The maximum absolute atomic E-state index is 12.6. The van der Waals surface area contributed by atoms with Crippen LogP contribution in [-0.2, 0) is 9.53 Å². The van der Waals surface area contributed by atoms with Crippen molar-refractivity contribution in [3.05, 3.63) is 23.9 Å². The molecule has 1 amide bonds. The van der Waals surface area contributed by atoms with Gasteiger partial charge in [-0.05, 0) is 37.1 Å². The monoisotopic (exact) mass is 308 g/mol. The normalized spacial score (nSPS) is 18.4. The number of hydrogen-bond acceptors (Lipinski definition) is 5. The highest BCUT2D eigenvalue weighted by Crippen LogP contribution is 2.21. The highest BCUT2D eigenvalue weighted by atomic mass is 32.2. The maximum Gasteiger partial charge on any atom is 0.328 e. The van der Waals surface area contributed by atoms with Crippen molar-refractivity contribution in [1.29, 1.82) is 0 Å². The summed E-state index contributed by atoms with van der Waals surface area (Å²) < 4.78 is 4.81. The maximum atomic E-state index is 12.6. The third-order valence-corrected chi connectivity index (χ3v) is 4.34. The fourth-order valence-corrected chi connectivity index (χ4v) is 3.05. The number of pyridine rings is 1. The lowest BCUT2D eigenvalue weighted by atomic mass is 10.0. The fourth-order valence-electron chi connectivity index (χ4n) is 2.46. The second kappa shape index (κ2) is 7.45. The summed E-state index contributed by atoms with van der Waals surface area (Å²) in [6, 6.07) is 3.15. The molecule has 114 valence electrons. The second-order valence-corrected chi connectivity index (χ2v) is 6.14. The largest absolute Gasteiger partial charge is 0.467 e. The van der Waals surface area contributed by atoms with Crippen molar-refractivity contribution in [2.24, 2.45) is 0 Å². The minimum absolute atomic E-state index is 0.148. The molecule has 0 aliphatic carbocycles. The van der Waals surface area contributed by atoms with E-state index < -0.39 is 6.04 Å². The van der Waals surface area contributed by atoms with Crippen LogP contribution in [0.2, 0.25) is 0 Å². The number of aromatic nitrogens is 1. The molecule has 6 heteroatoms. The number of ether oxygens (including phenoxy) is 1. The van der Waals surface area contributed by atoms with Gasteiger partial charge >= 0.3 is 5.97 Å². The molecular weight excluding hydrogens is 288 g/mol. The van der Waals surface area contributed by atoms with Crippen molar-refractivity contribution < 1.29 is 14.3 Å². The number of thioether (sulfide) groups is 1. The SMILES string of the molecule is CCSc1ccc(C(=O)N2CCCCC2C(=O)OC)cn1. The molecule has 1 unspecified atom stereocenters. The van der Waals surface area contributed by atoms with Gasteiger partial charge in [0, 0.05) is 12.7 Å². The summed E-state index contributed by atoms with van der Waals surface area (Å²) in [6.07, 6.45) is 4.10. The van der Waals surface area contributed by atoms with Crippen LogP contribution in [0.5, 0.6) is 0 Å². The molecule has 0 saturated carbocycles. The van der Waals surface area contributed by atoms with Crippen molar-refractivity contribution in [2.75, 3.05) is 19.4 Å². The Hall–Kier alpha value is -1.56. The zero-order valence-electron chi connectivity index (χ0n) is 12.4. The van der Waals surface area contributed by atoms with E-state index in [4.69, 9.17) is 4.74 Å². The Kier molecular flexibility index (Phi) is 5.61. The van der Waals surface area contributed by atoms with Gasteiger partial charge in [-0.15, -0.1) is 11.8 Å². The number of carbonyl (C=O) groups is 2. The number of nitrogens with zero attached hydrogens (tertiary/aromatic N) is 2. The molecule has 1 saturated heterocycles. The van der Waals surface area contributed by atoms with Crippen LogP contribution < -0.4 is 0 Å². The molecule has 1 aliphatic heterocycles. The summed E-state index contributed by atoms with van der Waals surface area (Å²) in [4.78, 5) is 30.3. The van der Waals surface area contributed by atoms with E-state index in [0.29, 0.717) is 18.5 Å². The van der Waals surface area contributed by atoms with E-state index in [1.807, 2.05) is 6.07 Å². The predicted molar refractivity (Wildman–Crippen MR) is 81.3 cm³/mol. The summed E-state index contributed by atoms with van der Waals surface area (Å²) in [5.74, 6) is 0.455. The standard InChI is InChI=1S/C15H20N2O3S/c1-3-21-13-8-7-11(10-16-13)14(18)17-9-5-4-6-12(17)15(19)20-2/h7-8,10,12H,3-6,9H2,1-2H3. The smallest absolute Gasteiger partial charge is 0.328 e. The summed E-state index contributed by atoms with van der Waals surface area (Å²) in [7, 11) is 1.36. The highest BCUT2D eigenvalue weighted by molar-refractivity contribution is 7.99. The number of methoxy groups -OCH3 is 1. The van der Waals surface area contributed by atoms with Gasteiger partial charge < -0.3 is 9.64 Å². The number of piperidine rings is 1. The van der Waals surface area contributed by atoms with Gasteiger partial charge in [-0.2, -0.15) is 0 Å². The van der Waals surface area contributed by atoms with Gasteiger partial charge in [-0.3, -0.25) is 4.79 Å². The quantitative estimate of drug-likeness (QED) is 0.631. The van der Waals surface area contributed by atoms with Crippen LogP contribution in [0.4, 0.5) is 0 Å². The third kappa shape index (κ3) is 3.75. The Balaban J connectivity index is 2.14. The van der Waals surface area contributed by atoms with Gasteiger partial charge in [0.2, 0.25) is 0 Å². The number of amides is 1. The highest BCUT2D eigenvalue weighted by Gasteiger charge is 2.33. The van der Waals surface area contributed by atoms with Crippen LogP contribution in [0.25, 0.3) is 0 Å². The Labute approximate surface area is 129 Å². The first-order valence-corrected chi connectivity index (χ1v) is 8.13. The molecule has 1 atom stereocenters. The molecule has 0 radical (unpaired) electrons. The predicted octanol–water partition coefficient (Wildman–Crippen LogP) is 2.36. The molecular formula is C15H20N2O3S. The first kappa shape index (κ1) is 15.8. The fraction of sp³-hybridized carbons (Fsp3) is 0.533. The average Bonchev–Trinajstić information content (AvgIpc) is 2.54. The zero-order valence-corrected chi connectivity index (χ0v) is 13.2. The number of likely N-dealkylation sites (tertiary alicyclic amines) is 1. The van der Waals surface area contributed by atoms with Gasteiger partial charge in [0.25, 0.3) is 5.91 Å². The van der Waals surface area contributed by atoms with E-state index >= 15 is 0 Å². The van der Waals surface area contributed by atoms with Crippen LogP contribution in [0.3, 0.4) is 0 Å². The van der Waals surface area contributed by atoms with E-state index in [9.17, 15) is 9.59 Å². The molecule has 1 fully saturated rings. The lowest BCUT2D eigenvalue weighted by molar-refractivity contribution is -0.147. The van der Waals surface area contributed by atoms with Crippen LogP contribution in [0.1, 0.15) is 36.5 Å². The van der Waals surface area contributed by atoms with E-state index in [-0.39, 0.29) is 11.9 Å². The van der Waals surface area contributed by atoms with E-state index in [2.05, 4.69) is 11.9 Å². The molecule has 0 spiro atoms. The van der Waals surface area contributed by atoms with Crippen molar-refractivity contribution in [2.45, 2.75) is 37.3 Å². The number of rotatable bonds is 4. The van der Waals surface area contributed by atoms with E-state index in [0.717, 1.165) is 23.6 Å². The Morgan fingerprint density at radius 2 is 2.24 bits per heavy atom. The summed E-state index contributed by atoms with van der Waals surface area (Å²) in [6.45, 7) is 2.64. The van der Waals surface area contributed by atoms with Crippen LogP contribution in [0, 0.1) is 0 Å². The van der Waals surface area contributed by atoms with Gasteiger partial charge in [0.15, 0.2) is 0 Å². The molecule has 0 bridgehead atoms. The summed E-state index contributed by atoms with van der Waals surface area (Å²) >= 11 is 1.63. The molecule has 21 heavy (non-hydrogen) atoms. The van der Waals surface area contributed by atoms with Gasteiger partial charge in [-0.25, -0.2) is 9.78 Å². The third-order valence-electron chi connectivity index (χ3n) is 3.51. The number of carbonyl (C=O) groups excluding carboxylic acids is 2. The molecule has 5 nitrogen and oxygen atoms in total. The Bertz CT molecular complexity index is 504. The zero-order chi connectivity index (χ0) is 15.2. The van der Waals surface area contributed by atoms with E-state index in [1.54, 1.807) is 28.9 Å². The minimum atomic E-state index is -0.471. The lowest BCUT2D eigenvalue weighted by Gasteiger charge is -2.33. The molecule has 1 aromatic rings. The Morgan fingerprint density at radius 1 is 1.43 bits per heavy atom.